The molecule has 1 fully saturated rings. The number of para-hydroxylation sites is 1. The molecule has 8 nitrogen and oxygen atoms in total. The van der Waals surface area contributed by atoms with E-state index < -0.39 is 5.91 Å². The number of carbonyl (C=O) groups excluding carboxylic acids is 2. The van der Waals surface area contributed by atoms with Gasteiger partial charge in [0.25, 0.3) is 11.8 Å². The summed E-state index contributed by atoms with van der Waals surface area (Å²) >= 11 is 0. The van der Waals surface area contributed by atoms with Gasteiger partial charge in [-0.2, -0.15) is 0 Å². The quantitative estimate of drug-likeness (QED) is 0.284. The number of benzene rings is 2. The Morgan fingerprint density at radius 3 is 2.50 bits per heavy atom. The van der Waals surface area contributed by atoms with Crippen molar-refractivity contribution in [2.24, 2.45) is 0 Å². The van der Waals surface area contributed by atoms with E-state index >= 15 is 0 Å². The van der Waals surface area contributed by atoms with E-state index in [0.717, 1.165) is 24.0 Å². The first-order valence-corrected chi connectivity index (χ1v) is 10.8. The fourth-order valence-corrected chi connectivity index (χ4v) is 3.96. The van der Waals surface area contributed by atoms with Gasteiger partial charge in [0.15, 0.2) is 5.76 Å². The fourth-order valence-electron chi connectivity index (χ4n) is 3.96. The lowest BCUT2D eigenvalue weighted by atomic mass is 10.1. The summed E-state index contributed by atoms with van der Waals surface area (Å²) in [4.78, 5) is 26.6. The Morgan fingerprint density at radius 2 is 1.75 bits per heavy atom. The Bertz CT molecular complexity index is 1070. The third kappa shape index (κ3) is 5.09. The van der Waals surface area contributed by atoms with Gasteiger partial charge < -0.3 is 14.5 Å². The van der Waals surface area contributed by atoms with Crippen molar-refractivity contribution in [2.75, 3.05) is 26.2 Å². The van der Waals surface area contributed by atoms with E-state index in [4.69, 9.17) is 14.4 Å². The van der Waals surface area contributed by atoms with Gasteiger partial charge in [0, 0.05) is 23.1 Å². The van der Waals surface area contributed by atoms with E-state index in [2.05, 4.69) is 10.2 Å². The van der Waals surface area contributed by atoms with E-state index in [9.17, 15) is 9.59 Å². The lowest BCUT2D eigenvalue weighted by Gasteiger charge is -2.26. The number of hydrogen-bond donors (Lipinski definition) is 3. The number of ether oxygens (including phenoxy) is 1. The van der Waals surface area contributed by atoms with Crippen molar-refractivity contribution < 1.29 is 24.0 Å². The summed E-state index contributed by atoms with van der Waals surface area (Å²) in [5.41, 5.74) is 3.55. The van der Waals surface area contributed by atoms with Crippen LogP contribution in [0.2, 0.25) is 0 Å². The molecular weight excluding hydrogens is 410 g/mol. The molecule has 2 heterocycles. The number of piperidine rings is 1. The molecule has 0 spiro atoms. The molecule has 2 amide bonds. The highest BCUT2D eigenvalue weighted by Crippen LogP contribution is 2.28. The van der Waals surface area contributed by atoms with Crippen LogP contribution in [0.4, 0.5) is 0 Å². The van der Waals surface area contributed by atoms with Crippen LogP contribution in [0.15, 0.2) is 52.9 Å². The maximum Gasteiger partial charge on any atom is 0.287 e. The number of hydroxylamine groups is 1. The number of fused-ring (bicyclic) bond motifs is 1. The summed E-state index contributed by atoms with van der Waals surface area (Å²) in [6, 6.07) is 14.1. The molecular formula is C24H27N3O5. The van der Waals surface area contributed by atoms with Gasteiger partial charge in [-0.25, -0.2) is 5.48 Å². The van der Waals surface area contributed by atoms with Gasteiger partial charge in [-0.05, 0) is 56.3 Å². The highest BCUT2D eigenvalue weighted by molar-refractivity contribution is 5.99. The zero-order chi connectivity index (χ0) is 22.3. The Labute approximate surface area is 186 Å². The Balaban J connectivity index is 1.37. The molecule has 1 aliphatic heterocycles. The van der Waals surface area contributed by atoms with Crippen LogP contribution in [-0.2, 0) is 6.54 Å². The Hall–Kier alpha value is -3.36. The molecule has 1 aliphatic rings. The maximum atomic E-state index is 12.9. The second-order valence-corrected chi connectivity index (χ2v) is 7.81. The second-order valence-electron chi connectivity index (χ2n) is 7.81. The summed E-state index contributed by atoms with van der Waals surface area (Å²) in [5.74, 6) is 0.0705. The molecule has 2 aromatic carbocycles. The molecule has 3 N–H and O–H groups in total. The molecule has 0 unspecified atom stereocenters. The van der Waals surface area contributed by atoms with Crippen molar-refractivity contribution in [3.8, 4) is 5.75 Å². The molecule has 168 valence electrons. The Kier molecular flexibility index (Phi) is 7.03. The number of likely N-dealkylation sites (tertiary alicyclic amines) is 1. The SMILES string of the molecule is O=C(NO)c1ccc(OCCNC(=O)c2oc3ccccc3c2CN2CCCCC2)cc1. The number of amides is 2. The number of furan rings is 1. The third-order valence-corrected chi connectivity index (χ3v) is 5.61. The van der Waals surface area contributed by atoms with Crippen molar-refractivity contribution in [3.63, 3.8) is 0 Å². The van der Waals surface area contributed by atoms with Crippen LogP contribution in [0, 0.1) is 0 Å². The maximum absolute atomic E-state index is 12.9. The van der Waals surface area contributed by atoms with Gasteiger partial charge in [-0.15, -0.1) is 0 Å². The summed E-state index contributed by atoms with van der Waals surface area (Å²) in [7, 11) is 0. The lowest BCUT2D eigenvalue weighted by Crippen LogP contribution is -2.31. The van der Waals surface area contributed by atoms with Gasteiger partial charge in [0.2, 0.25) is 0 Å². The number of nitrogens with one attached hydrogen (secondary N) is 2. The largest absolute Gasteiger partial charge is 0.492 e. The van der Waals surface area contributed by atoms with Crippen LogP contribution in [0.5, 0.6) is 5.75 Å². The molecule has 0 radical (unpaired) electrons. The van der Waals surface area contributed by atoms with Crippen LogP contribution in [0.25, 0.3) is 11.0 Å². The minimum Gasteiger partial charge on any atom is -0.492 e. The summed E-state index contributed by atoms with van der Waals surface area (Å²) in [5, 5.41) is 12.5. The highest BCUT2D eigenvalue weighted by atomic mass is 16.5. The average Bonchev–Trinajstić information content (AvgIpc) is 3.20. The first kappa shape index (κ1) is 21.9. The van der Waals surface area contributed by atoms with Crippen LogP contribution in [-0.4, -0.2) is 48.2 Å². The van der Waals surface area contributed by atoms with Crippen LogP contribution >= 0.6 is 0 Å². The van der Waals surface area contributed by atoms with Gasteiger partial charge >= 0.3 is 0 Å². The van der Waals surface area contributed by atoms with Gasteiger partial charge in [-0.3, -0.25) is 19.7 Å². The zero-order valence-electron chi connectivity index (χ0n) is 17.8. The third-order valence-electron chi connectivity index (χ3n) is 5.61. The summed E-state index contributed by atoms with van der Waals surface area (Å²) < 4.78 is 11.5. The van der Waals surface area contributed by atoms with E-state index in [0.29, 0.717) is 35.7 Å². The molecule has 4 rings (SSSR count). The predicted octanol–water partition coefficient (Wildman–Crippen LogP) is 3.35. The topological polar surface area (TPSA) is 104 Å². The zero-order valence-corrected chi connectivity index (χ0v) is 17.8. The highest BCUT2D eigenvalue weighted by Gasteiger charge is 2.23. The minimum atomic E-state index is -0.588. The average molecular weight is 437 g/mol. The molecule has 0 saturated carbocycles. The first-order valence-electron chi connectivity index (χ1n) is 10.8. The van der Waals surface area contributed by atoms with Crippen LogP contribution < -0.4 is 15.5 Å². The van der Waals surface area contributed by atoms with E-state index in [-0.39, 0.29) is 12.5 Å². The molecule has 0 atom stereocenters. The summed E-state index contributed by atoms with van der Waals surface area (Å²) in [6.07, 6.45) is 3.62. The normalized spacial score (nSPS) is 14.3. The number of nitrogens with zero attached hydrogens (tertiary/aromatic N) is 1. The van der Waals surface area contributed by atoms with Crippen LogP contribution in [0.3, 0.4) is 0 Å². The number of hydrogen-bond acceptors (Lipinski definition) is 6. The predicted molar refractivity (Wildman–Crippen MR) is 119 cm³/mol. The van der Waals surface area contributed by atoms with E-state index in [1.165, 1.54) is 19.3 Å². The number of carbonyl (C=O) groups is 2. The molecule has 0 aliphatic carbocycles. The standard InChI is InChI=1S/C24H27N3O5/c28-23(26-30)17-8-10-18(11-9-17)31-15-12-25-24(29)22-20(16-27-13-4-1-5-14-27)19-6-2-3-7-21(19)32-22/h2-3,6-11,30H,1,4-5,12-16H2,(H,25,29)(H,26,28). The smallest absolute Gasteiger partial charge is 0.287 e. The monoisotopic (exact) mass is 437 g/mol. The van der Waals surface area contributed by atoms with E-state index in [1.54, 1.807) is 29.7 Å². The molecule has 0 bridgehead atoms. The van der Waals surface area contributed by atoms with Crippen molar-refractivity contribution in [1.82, 2.24) is 15.7 Å². The van der Waals surface area contributed by atoms with Crippen molar-refractivity contribution >= 4 is 22.8 Å². The molecule has 1 aromatic heterocycles. The van der Waals surface area contributed by atoms with Gasteiger partial charge in [0.05, 0.1) is 6.54 Å². The van der Waals surface area contributed by atoms with E-state index in [1.807, 2.05) is 24.3 Å². The fraction of sp³-hybridized carbons (Fsp3) is 0.333. The van der Waals surface area contributed by atoms with Crippen LogP contribution in [0.1, 0.15) is 45.7 Å². The molecule has 1 saturated heterocycles. The molecule has 32 heavy (non-hydrogen) atoms. The lowest BCUT2D eigenvalue weighted by molar-refractivity contribution is 0.0706. The van der Waals surface area contributed by atoms with Gasteiger partial charge in [0.1, 0.15) is 17.9 Å². The Morgan fingerprint density at radius 1 is 1.00 bits per heavy atom. The summed E-state index contributed by atoms with van der Waals surface area (Å²) in [6.45, 7) is 3.33. The first-order chi connectivity index (χ1) is 15.7. The molecule has 3 aromatic rings. The van der Waals surface area contributed by atoms with Crippen molar-refractivity contribution in [3.05, 3.63) is 65.4 Å². The van der Waals surface area contributed by atoms with Crippen molar-refractivity contribution in [1.29, 1.82) is 0 Å². The van der Waals surface area contributed by atoms with Gasteiger partial charge in [-0.1, -0.05) is 24.6 Å². The second kappa shape index (κ2) is 10.3. The van der Waals surface area contributed by atoms with Crippen molar-refractivity contribution in [2.45, 2.75) is 25.8 Å². The molecule has 8 heteroatoms. The number of rotatable bonds is 8. The minimum absolute atomic E-state index is 0.258.